The van der Waals surface area contributed by atoms with Crippen molar-refractivity contribution in [2.24, 2.45) is 0 Å². The Hall–Kier alpha value is -3.38. The number of hydrogen-bond donors (Lipinski definition) is 0. The van der Waals surface area contributed by atoms with Gasteiger partial charge in [0.2, 0.25) is 0 Å². The smallest absolute Gasteiger partial charge is 0.195 e. The van der Waals surface area contributed by atoms with Crippen molar-refractivity contribution >= 4 is 0 Å². The standard InChI is InChI=1S/C23H19FN4O/c24-18-8-6-16(7-9-18)20-4-1-3-19(26-20)15-28-11-10-21-17(14-28)13-25-23(27-21)22-5-2-12-29-22/h1-9,12-13H,10-11,14-15H2. The Morgan fingerprint density at radius 2 is 1.90 bits per heavy atom. The molecule has 1 aliphatic rings. The highest BCUT2D eigenvalue weighted by Gasteiger charge is 2.20. The van der Waals surface area contributed by atoms with Crippen LogP contribution in [0.4, 0.5) is 4.39 Å². The Labute approximate surface area is 167 Å². The summed E-state index contributed by atoms with van der Waals surface area (Å²) in [7, 11) is 0. The zero-order valence-electron chi connectivity index (χ0n) is 15.8. The summed E-state index contributed by atoms with van der Waals surface area (Å²) in [6.45, 7) is 2.44. The summed E-state index contributed by atoms with van der Waals surface area (Å²) < 4.78 is 18.6. The minimum absolute atomic E-state index is 0.241. The molecular formula is C23H19FN4O. The molecule has 0 radical (unpaired) electrons. The predicted molar refractivity (Wildman–Crippen MR) is 107 cm³/mol. The fourth-order valence-electron chi connectivity index (χ4n) is 3.61. The molecule has 0 saturated heterocycles. The SMILES string of the molecule is Fc1ccc(-c2cccc(CN3CCc4nc(-c5ccco5)ncc4C3)n2)cc1. The number of halogens is 1. The number of rotatable bonds is 4. The normalized spacial score (nSPS) is 14.0. The van der Waals surface area contributed by atoms with Crippen molar-refractivity contribution in [2.75, 3.05) is 6.54 Å². The fraction of sp³-hybridized carbons (Fsp3) is 0.174. The van der Waals surface area contributed by atoms with Crippen LogP contribution >= 0.6 is 0 Å². The van der Waals surface area contributed by atoms with E-state index in [9.17, 15) is 4.39 Å². The second-order valence-electron chi connectivity index (χ2n) is 7.12. The van der Waals surface area contributed by atoms with Crippen LogP contribution in [-0.2, 0) is 19.5 Å². The van der Waals surface area contributed by atoms with Crippen molar-refractivity contribution < 1.29 is 8.81 Å². The van der Waals surface area contributed by atoms with E-state index in [4.69, 9.17) is 9.40 Å². The minimum Gasteiger partial charge on any atom is -0.461 e. The van der Waals surface area contributed by atoms with E-state index in [1.165, 1.54) is 12.1 Å². The molecule has 29 heavy (non-hydrogen) atoms. The molecule has 144 valence electrons. The van der Waals surface area contributed by atoms with Crippen LogP contribution in [0.15, 0.2) is 71.5 Å². The van der Waals surface area contributed by atoms with Crippen LogP contribution in [0.2, 0.25) is 0 Å². The van der Waals surface area contributed by atoms with Gasteiger partial charge in [-0.3, -0.25) is 9.88 Å². The van der Waals surface area contributed by atoms with Crippen LogP contribution in [0.3, 0.4) is 0 Å². The molecule has 6 heteroatoms. The molecular weight excluding hydrogens is 367 g/mol. The number of furan rings is 1. The summed E-state index contributed by atoms with van der Waals surface area (Å²) in [4.78, 5) is 16.2. The van der Waals surface area contributed by atoms with E-state index in [0.717, 1.165) is 54.3 Å². The molecule has 0 saturated carbocycles. The summed E-state index contributed by atoms with van der Waals surface area (Å²) in [5, 5.41) is 0. The van der Waals surface area contributed by atoms with Crippen molar-refractivity contribution in [1.29, 1.82) is 0 Å². The second-order valence-corrected chi connectivity index (χ2v) is 7.12. The molecule has 0 fully saturated rings. The first-order valence-electron chi connectivity index (χ1n) is 9.57. The molecule has 0 bridgehead atoms. The van der Waals surface area contributed by atoms with Crippen LogP contribution < -0.4 is 0 Å². The zero-order valence-corrected chi connectivity index (χ0v) is 15.8. The Morgan fingerprint density at radius 3 is 2.72 bits per heavy atom. The van der Waals surface area contributed by atoms with Gasteiger partial charge >= 0.3 is 0 Å². The van der Waals surface area contributed by atoms with Crippen molar-refractivity contribution in [3.8, 4) is 22.8 Å². The van der Waals surface area contributed by atoms with Crippen LogP contribution in [0.25, 0.3) is 22.8 Å². The maximum atomic E-state index is 13.2. The highest BCUT2D eigenvalue weighted by Crippen LogP contribution is 2.23. The van der Waals surface area contributed by atoms with E-state index in [2.05, 4.69) is 14.9 Å². The molecule has 5 nitrogen and oxygen atoms in total. The lowest BCUT2D eigenvalue weighted by molar-refractivity contribution is 0.240. The molecule has 1 aromatic carbocycles. The lowest BCUT2D eigenvalue weighted by Crippen LogP contribution is -2.31. The molecule has 0 spiro atoms. The van der Waals surface area contributed by atoms with Crippen LogP contribution in [0.5, 0.6) is 0 Å². The summed E-state index contributed by atoms with van der Waals surface area (Å²) in [6, 6.07) is 16.1. The van der Waals surface area contributed by atoms with Gasteiger partial charge in [-0.15, -0.1) is 0 Å². The number of aromatic nitrogens is 3. The van der Waals surface area contributed by atoms with E-state index in [0.29, 0.717) is 11.6 Å². The van der Waals surface area contributed by atoms with Crippen molar-refractivity contribution in [3.63, 3.8) is 0 Å². The lowest BCUT2D eigenvalue weighted by atomic mass is 10.1. The number of pyridine rings is 1. The van der Waals surface area contributed by atoms with Gasteiger partial charge in [0.25, 0.3) is 0 Å². The predicted octanol–water partition coefficient (Wildman–Crippen LogP) is 4.50. The third-order valence-electron chi connectivity index (χ3n) is 5.09. The minimum atomic E-state index is -0.241. The number of fused-ring (bicyclic) bond motifs is 1. The summed E-state index contributed by atoms with van der Waals surface area (Å²) in [6.07, 6.45) is 4.39. The molecule has 4 heterocycles. The van der Waals surface area contributed by atoms with Crippen LogP contribution in [-0.4, -0.2) is 26.4 Å². The van der Waals surface area contributed by atoms with E-state index in [1.807, 2.05) is 36.5 Å². The molecule has 0 atom stereocenters. The summed E-state index contributed by atoms with van der Waals surface area (Å²) >= 11 is 0. The third kappa shape index (κ3) is 3.79. The lowest BCUT2D eigenvalue weighted by Gasteiger charge is -2.27. The Bertz CT molecular complexity index is 1130. The molecule has 1 aliphatic heterocycles. The molecule has 0 aliphatic carbocycles. The fourth-order valence-corrected chi connectivity index (χ4v) is 3.61. The maximum absolute atomic E-state index is 13.2. The molecule has 5 rings (SSSR count). The van der Waals surface area contributed by atoms with Gasteiger partial charge in [-0.1, -0.05) is 6.07 Å². The molecule has 0 unspecified atom stereocenters. The van der Waals surface area contributed by atoms with E-state index in [1.54, 1.807) is 18.4 Å². The largest absolute Gasteiger partial charge is 0.461 e. The van der Waals surface area contributed by atoms with Crippen molar-refractivity contribution in [3.05, 3.63) is 89.8 Å². The van der Waals surface area contributed by atoms with Crippen molar-refractivity contribution in [2.45, 2.75) is 19.5 Å². The van der Waals surface area contributed by atoms with Gasteiger partial charge in [0.05, 0.1) is 23.3 Å². The average molecular weight is 386 g/mol. The molecule has 3 aromatic heterocycles. The second kappa shape index (κ2) is 7.56. The van der Waals surface area contributed by atoms with Crippen LogP contribution in [0, 0.1) is 5.82 Å². The van der Waals surface area contributed by atoms with E-state index in [-0.39, 0.29) is 5.82 Å². The summed E-state index contributed by atoms with van der Waals surface area (Å²) in [5.74, 6) is 1.09. The first kappa shape index (κ1) is 17.7. The van der Waals surface area contributed by atoms with Gasteiger partial charge in [0.1, 0.15) is 5.82 Å². The number of hydrogen-bond acceptors (Lipinski definition) is 5. The zero-order chi connectivity index (χ0) is 19.6. The number of benzene rings is 1. The third-order valence-corrected chi connectivity index (χ3v) is 5.09. The van der Waals surface area contributed by atoms with Crippen LogP contribution in [0.1, 0.15) is 17.0 Å². The molecule has 0 N–H and O–H groups in total. The van der Waals surface area contributed by atoms with E-state index < -0.39 is 0 Å². The van der Waals surface area contributed by atoms with Gasteiger partial charge in [0.15, 0.2) is 11.6 Å². The first-order valence-corrected chi connectivity index (χ1v) is 9.57. The van der Waals surface area contributed by atoms with Gasteiger partial charge in [-0.25, -0.2) is 14.4 Å². The topological polar surface area (TPSA) is 55.1 Å². The van der Waals surface area contributed by atoms with E-state index >= 15 is 0 Å². The highest BCUT2D eigenvalue weighted by molar-refractivity contribution is 5.58. The molecule has 0 amide bonds. The molecule has 4 aromatic rings. The van der Waals surface area contributed by atoms with Crippen molar-refractivity contribution in [1.82, 2.24) is 19.9 Å². The average Bonchev–Trinajstić information content (AvgIpc) is 3.29. The monoisotopic (exact) mass is 386 g/mol. The maximum Gasteiger partial charge on any atom is 0.195 e. The van der Waals surface area contributed by atoms with Gasteiger partial charge in [-0.05, 0) is 48.5 Å². The summed E-state index contributed by atoms with van der Waals surface area (Å²) in [5.41, 5.74) is 4.97. The van der Waals surface area contributed by atoms with Gasteiger partial charge < -0.3 is 4.42 Å². The quantitative estimate of drug-likeness (QED) is 0.517. The van der Waals surface area contributed by atoms with Gasteiger partial charge in [0, 0.05) is 43.4 Å². The number of nitrogens with zero attached hydrogens (tertiary/aromatic N) is 4. The Kier molecular flexibility index (Phi) is 4.62. The Morgan fingerprint density at radius 1 is 1.00 bits per heavy atom. The first-order chi connectivity index (χ1) is 14.2. The highest BCUT2D eigenvalue weighted by atomic mass is 19.1. The van der Waals surface area contributed by atoms with Gasteiger partial charge in [-0.2, -0.15) is 0 Å². The Balaban J connectivity index is 1.31.